The van der Waals surface area contributed by atoms with Gasteiger partial charge in [0.1, 0.15) is 11.3 Å². The summed E-state index contributed by atoms with van der Waals surface area (Å²) in [6, 6.07) is 7.18. The predicted molar refractivity (Wildman–Crippen MR) is 122 cm³/mol. The normalized spacial score (nSPS) is 18.5. The minimum absolute atomic E-state index is 0.106. The van der Waals surface area contributed by atoms with Crippen LogP contribution in [0.1, 0.15) is 38.2 Å². The molecule has 0 spiro atoms. The van der Waals surface area contributed by atoms with E-state index in [0.29, 0.717) is 22.2 Å². The summed E-state index contributed by atoms with van der Waals surface area (Å²) in [4.78, 5) is 15.5. The lowest BCUT2D eigenvalue weighted by atomic mass is 9.94. The van der Waals surface area contributed by atoms with Crippen molar-refractivity contribution >= 4 is 20.6 Å². The molecular weight excluding hydrogens is 436 g/mol. The van der Waals surface area contributed by atoms with Crippen molar-refractivity contribution in [2.45, 2.75) is 50.4 Å². The number of nitrogens with one attached hydrogen (secondary N) is 2. The number of hydrogen-bond donors (Lipinski definition) is 2. The molecule has 4 rings (SSSR count). The highest BCUT2D eigenvalue weighted by atomic mass is 32.2. The van der Waals surface area contributed by atoms with Gasteiger partial charge in [-0.3, -0.25) is 9.57 Å². The van der Waals surface area contributed by atoms with Crippen LogP contribution in [0.5, 0.6) is 5.75 Å². The summed E-state index contributed by atoms with van der Waals surface area (Å²) in [7, 11) is -1.10. The van der Waals surface area contributed by atoms with Crippen LogP contribution in [0.15, 0.2) is 41.5 Å². The number of halogens is 2. The molecule has 1 atom stereocenters. The van der Waals surface area contributed by atoms with Gasteiger partial charge in [-0.25, -0.2) is 13.0 Å². The second kappa shape index (κ2) is 8.35. The van der Waals surface area contributed by atoms with Crippen molar-refractivity contribution in [3.8, 4) is 16.9 Å². The van der Waals surface area contributed by atoms with Crippen LogP contribution < -0.4 is 10.3 Å². The Balaban J connectivity index is 1.80. The van der Waals surface area contributed by atoms with E-state index in [-0.39, 0.29) is 48.9 Å². The number of fused-ring (bicyclic) bond motifs is 1. The van der Waals surface area contributed by atoms with E-state index < -0.39 is 15.7 Å². The van der Waals surface area contributed by atoms with Gasteiger partial charge < -0.3 is 14.3 Å². The van der Waals surface area contributed by atoms with Crippen molar-refractivity contribution in [3.05, 3.63) is 52.6 Å². The van der Waals surface area contributed by atoms with E-state index in [1.807, 2.05) is 12.1 Å². The maximum atomic E-state index is 13.6. The fourth-order valence-corrected chi connectivity index (χ4v) is 5.07. The van der Waals surface area contributed by atoms with Crippen molar-refractivity contribution in [2.24, 2.45) is 7.05 Å². The lowest BCUT2D eigenvalue weighted by Crippen LogP contribution is -2.30. The average Bonchev–Trinajstić information content (AvgIpc) is 3.23. The number of H-pyrrole nitrogens is 1. The number of aryl methyl sites for hydroxylation is 1. The Labute approximate surface area is 185 Å². The Morgan fingerprint density at radius 2 is 1.97 bits per heavy atom. The summed E-state index contributed by atoms with van der Waals surface area (Å²) in [6.45, 7) is 1.73. The molecule has 6 nitrogen and oxygen atoms in total. The highest BCUT2D eigenvalue weighted by Crippen LogP contribution is 2.39. The van der Waals surface area contributed by atoms with E-state index in [0.717, 1.165) is 11.1 Å². The van der Waals surface area contributed by atoms with Crippen molar-refractivity contribution < 1.29 is 17.7 Å². The van der Waals surface area contributed by atoms with Gasteiger partial charge in [-0.15, -0.1) is 0 Å². The monoisotopic (exact) mass is 463 g/mol. The number of aromatic amines is 1. The molecule has 1 aliphatic carbocycles. The van der Waals surface area contributed by atoms with E-state index in [9.17, 15) is 17.8 Å². The Morgan fingerprint density at radius 3 is 2.66 bits per heavy atom. The molecule has 0 bridgehead atoms. The molecule has 1 unspecified atom stereocenters. The van der Waals surface area contributed by atoms with Crippen molar-refractivity contribution in [1.29, 1.82) is 4.78 Å². The third-order valence-corrected chi connectivity index (χ3v) is 7.78. The minimum atomic E-state index is -2.76. The van der Waals surface area contributed by atoms with Gasteiger partial charge in [0.25, 0.3) is 5.56 Å². The van der Waals surface area contributed by atoms with Crippen molar-refractivity contribution in [2.75, 3.05) is 5.75 Å². The van der Waals surface area contributed by atoms with Gasteiger partial charge in [-0.2, -0.15) is 0 Å². The van der Waals surface area contributed by atoms with Crippen LogP contribution in [-0.4, -0.2) is 31.5 Å². The van der Waals surface area contributed by atoms with Gasteiger partial charge in [-0.1, -0.05) is 13.0 Å². The Bertz CT molecular complexity index is 1300. The first-order valence-electron chi connectivity index (χ1n) is 10.7. The van der Waals surface area contributed by atoms with Crippen LogP contribution in [-0.2, 0) is 22.5 Å². The topological polar surface area (TPSA) is 87.9 Å². The Kier molecular flexibility index (Phi) is 5.87. The molecular formula is C23H27F2N3O3S. The van der Waals surface area contributed by atoms with Gasteiger partial charge in [0.05, 0.1) is 11.9 Å². The number of nitrogens with zero attached hydrogens (tertiary/aromatic N) is 1. The number of hydrogen-bond acceptors (Lipinski definition) is 4. The highest BCUT2D eigenvalue weighted by Gasteiger charge is 2.36. The van der Waals surface area contributed by atoms with Gasteiger partial charge in [0.15, 0.2) is 0 Å². The molecule has 9 heteroatoms. The first-order valence-corrected chi connectivity index (χ1v) is 12.6. The maximum Gasteiger partial charge on any atom is 0.274 e. The SMILES string of the molecule is CCS(=N)(=O)Cc1ccc(OC2CCC(F)(F)CC2)c(-c2cn(C)c(=O)c3[nH]ccc23)c1. The zero-order chi connectivity index (χ0) is 23.1. The number of aromatic nitrogens is 2. The first-order chi connectivity index (χ1) is 15.1. The molecule has 0 radical (unpaired) electrons. The van der Waals surface area contributed by atoms with Gasteiger partial charge in [0, 0.05) is 64.3 Å². The molecule has 1 aliphatic rings. The molecule has 0 aliphatic heterocycles. The number of benzene rings is 1. The molecule has 1 fully saturated rings. The van der Waals surface area contributed by atoms with E-state index in [1.165, 1.54) is 4.57 Å². The van der Waals surface area contributed by atoms with E-state index in [2.05, 4.69) is 4.98 Å². The van der Waals surface area contributed by atoms with Gasteiger partial charge in [-0.05, 0) is 36.6 Å². The predicted octanol–water partition coefficient (Wildman–Crippen LogP) is 5.06. The Hall–Kier alpha value is -2.68. The average molecular weight is 464 g/mol. The minimum Gasteiger partial charge on any atom is -0.490 e. The molecule has 172 valence electrons. The molecule has 2 N–H and O–H groups in total. The van der Waals surface area contributed by atoms with Crippen LogP contribution in [0.25, 0.3) is 22.0 Å². The second-order valence-corrected chi connectivity index (χ2v) is 11.0. The zero-order valence-corrected chi connectivity index (χ0v) is 18.9. The molecule has 2 heterocycles. The first kappa shape index (κ1) is 22.5. The maximum absolute atomic E-state index is 13.6. The molecule has 3 aromatic rings. The van der Waals surface area contributed by atoms with Crippen LogP contribution in [0.2, 0.25) is 0 Å². The Morgan fingerprint density at radius 1 is 1.25 bits per heavy atom. The molecule has 2 aromatic heterocycles. The quantitative estimate of drug-likeness (QED) is 0.536. The van der Waals surface area contributed by atoms with Crippen LogP contribution in [0.4, 0.5) is 8.78 Å². The third-order valence-electron chi connectivity index (χ3n) is 6.05. The van der Waals surface area contributed by atoms with Crippen LogP contribution >= 0.6 is 0 Å². The smallest absolute Gasteiger partial charge is 0.274 e. The summed E-state index contributed by atoms with van der Waals surface area (Å²) in [5.74, 6) is -1.76. The summed E-state index contributed by atoms with van der Waals surface area (Å²) >= 11 is 0. The standard InChI is InChI=1S/C23H27F2N3O3S/c1-3-32(26,30)14-15-4-5-20(31-16-6-9-23(24,25)10-7-16)18(12-15)19-13-28(2)22(29)21-17(19)8-11-27-21/h4-5,8,11-13,16,26-27H,3,6-7,9-10,14H2,1-2H3. The summed E-state index contributed by atoms with van der Waals surface area (Å²) in [5.41, 5.74) is 2.45. The highest BCUT2D eigenvalue weighted by molar-refractivity contribution is 7.91. The van der Waals surface area contributed by atoms with E-state index in [4.69, 9.17) is 9.52 Å². The lowest BCUT2D eigenvalue weighted by Gasteiger charge is -2.29. The fraction of sp³-hybridized carbons (Fsp3) is 0.435. The van der Waals surface area contributed by atoms with Crippen molar-refractivity contribution in [1.82, 2.24) is 9.55 Å². The third kappa shape index (κ3) is 4.57. The largest absolute Gasteiger partial charge is 0.490 e. The van der Waals surface area contributed by atoms with Crippen molar-refractivity contribution in [3.63, 3.8) is 0 Å². The molecule has 0 amide bonds. The summed E-state index contributed by atoms with van der Waals surface area (Å²) in [5, 5.41) is 0.715. The van der Waals surface area contributed by atoms with E-state index in [1.54, 1.807) is 38.5 Å². The summed E-state index contributed by atoms with van der Waals surface area (Å²) < 4.78 is 55.3. The van der Waals surface area contributed by atoms with Crippen LogP contribution in [0, 0.1) is 4.78 Å². The number of rotatable bonds is 6. The number of ether oxygens (including phenoxy) is 1. The molecule has 1 saturated carbocycles. The van der Waals surface area contributed by atoms with Crippen LogP contribution in [0.3, 0.4) is 0 Å². The number of pyridine rings is 1. The fourth-order valence-electron chi connectivity index (χ4n) is 4.15. The van der Waals surface area contributed by atoms with Gasteiger partial charge in [0.2, 0.25) is 5.92 Å². The number of alkyl halides is 2. The second-order valence-electron chi connectivity index (χ2n) is 8.47. The van der Waals surface area contributed by atoms with Gasteiger partial charge >= 0.3 is 0 Å². The molecule has 32 heavy (non-hydrogen) atoms. The zero-order valence-electron chi connectivity index (χ0n) is 18.1. The van der Waals surface area contributed by atoms with E-state index >= 15 is 0 Å². The molecule has 1 aromatic carbocycles. The lowest BCUT2D eigenvalue weighted by molar-refractivity contribution is -0.0581. The summed E-state index contributed by atoms with van der Waals surface area (Å²) in [6.07, 6.45) is 3.20. The molecule has 0 saturated heterocycles.